The lowest BCUT2D eigenvalue weighted by Crippen LogP contribution is -2.56. The van der Waals surface area contributed by atoms with Crippen LogP contribution in [0.25, 0.3) is 5.57 Å². The number of carbonyl (C=O) groups is 2. The zero-order valence-electron chi connectivity index (χ0n) is 20.1. The van der Waals surface area contributed by atoms with Crippen LogP contribution in [0, 0.1) is 22.6 Å². The van der Waals surface area contributed by atoms with E-state index in [9.17, 15) is 19.8 Å². The van der Waals surface area contributed by atoms with Crippen molar-refractivity contribution >= 4 is 17.3 Å². The number of halogens is 1. The molecule has 0 fully saturated rings. The van der Waals surface area contributed by atoms with Gasteiger partial charge in [0.1, 0.15) is 22.7 Å². The molecule has 0 spiro atoms. The Morgan fingerprint density at radius 1 is 1.25 bits per heavy atom. The fraction of sp³-hybridized carbons (Fsp3) is 0.357. The van der Waals surface area contributed by atoms with Crippen molar-refractivity contribution in [2.75, 3.05) is 13.9 Å². The number of hydrogen-bond acceptors (Lipinski definition) is 6. The summed E-state index contributed by atoms with van der Waals surface area (Å²) in [4.78, 5) is 26.7. The standard InChI is InChI=1S/C28H25FO7/c1-13-6-19-21(30)9-18-16-8-23-25(36-12-35-23)24(16)17(15-5-4-14(34-3)7-20(15)29)10-28(18,26(32)33)27(19,2)11-22(13)31/h4-7,9-10,13,22,31H,8,11-12H2,1-3H3,(H,32,33)/t13-,22-,27-,28-/m0/s1. The number of allylic oxidation sites excluding steroid dienone is 4. The molecule has 5 aliphatic rings. The van der Waals surface area contributed by atoms with Crippen molar-refractivity contribution in [3.63, 3.8) is 0 Å². The van der Waals surface area contributed by atoms with Gasteiger partial charge in [0.2, 0.25) is 6.79 Å². The van der Waals surface area contributed by atoms with E-state index in [2.05, 4.69) is 0 Å². The van der Waals surface area contributed by atoms with E-state index in [1.165, 1.54) is 19.3 Å². The van der Waals surface area contributed by atoms with Crippen LogP contribution in [0.2, 0.25) is 0 Å². The number of rotatable bonds is 3. The molecule has 4 atom stereocenters. The van der Waals surface area contributed by atoms with Gasteiger partial charge in [0.15, 0.2) is 11.5 Å². The smallest absolute Gasteiger partial charge is 0.318 e. The Labute approximate surface area is 206 Å². The molecule has 7 nitrogen and oxygen atoms in total. The van der Waals surface area contributed by atoms with E-state index in [0.717, 1.165) is 0 Å². The summed E-state index contributed by atoms with van der Waals surface area (Å²) in [5.74, 6) is -1.07. The van der Waals surface area contributed by atoms with Crippen molar-refractivity contribution < 1.29 is 38.4 Å². The van der Waals surface area contributed by atoms with E-state index in [-0.39, 0.29) is 36.9 Å². The molecule has 1 aromatic rings. The molecule has 1 aromatic carbocycles. The lowest BCUT2D eigenvalue weighted by molar-refractivity contribution is -0.151. The van der Waals surface area contributed by atoms with Crippen molar-refractivity contribution in [1.29, 1.82) is 0 Å². The number of aliphatic hydroxyl groups is 1. The van der Waals surface area contributed by atoms with E-state index >= 15 is 4.39 Å². The molecule has 0 aromatic heterocycles. The first-order valence-electron chi connectivity index (χ1n) is 11.8. The van der Waals surface area contributed by atoms with Crippen molar-refractivity contribution in [2.24, 2.45) is 16.7 Å². The van der Waals surface area contributed by atoms with Gasteiger partial charge in [-0.3, -0.25) is 9.59 Å². The third-order valence-electron chi connectivity index (χ3n) is 8.40. The highest BCUT2D eigenvalue weighted by atomic mass is 19.1. The van der Waals surface area contributed by atoms with Crippen LogP contribution in [0.1, 0.15) is 32.3 Å². The second-order valence-electron chi connectivity index (χ2n) is 10.2. The molecule has 0 saturated carbocycles. The molecule has 1 aliphatic heterocycles. The highest BCUT2D eigenvalue weighted by Crippen LogP contribution is 2.66. The molecule has 0 unspecified atom stereocenters. The van der Waals surface area contributed by atoms with Crippen LogP contribution >= 0.6 is 0 Å². The Balaban J connectivity index is 1.69. The number of carbonyl (C=O) groups excluding carboxylic acids is 1. The molecule has 8 heteroatoms. The van der Waals surface area contributed by atoms with Crippen LogP contribution in [0.15, 0.2) is 70.2 Å². The lowest BCUT2D eigenvalue weighted by Gasteiger charge is -2.54. The van der Waals surface area contributed by atoms with Crippen LogP contribution in [0.4, 0.5) is 4.39 Å². The second-order valence-corrected chi connectivity index (χ2v) is 10.2. The normalized spacial score (nSPS) is 32.4. The SMILES string of the molecule is COc1ccc(C2=C[C@@]3(C(=O)O)C(=CC(=O)C4=C[C@H](C)[C@@H](O)C[C@@]43C)C3=C2C2=C(C3)OCO2)c(F)c1. The average Bonchev–Trinajstić information content (AvgIpc) is 3.42. The Hall–Kier alpha value is -3.65. The summed E-state index contributed by atoms with van der Waals surface area (Å²) < 4.78 is 32.0. The Bertz CT molecular complexity index is 1410. The summed E-state index contributed by atoms with van der Waals surface area (Å²) in [5, 5.41) is 21.7. The number of hydrogen-bond donors (Lipinski definition) is 2. The average molecular weight is 492 g/mol. The zero-order valence-corrected chi connectivity index (χ0v) is 20.1. The van der Waals surface area contributed by atoms with Gasteiger partial charge in [-0.05, 0) is 41.3 Å². The number of carboxylic acids is 1. The van der Waals surface area contributed by atoms with E-state index in [1.54, 1.807) is 38.1 Å². The Morgan fingerprint density at radius 2 is 2.03 bits per heavy atom. The maximum Gasteiger partial charge on any atom is 0.318 e. The number of aliphatic carboxylic acids is 1. The molecular formula is C28H25FO7. The Kier molecular flexibility index (Phi) is 4.70. The number of fused-ring (bicyclic) bond motifs is 5. The third kappa shape index (κ3) is 2.70. The molecule has 0 radical (unpaired) electrons. The van der Waals surface area contributed by atoms with Crippen molar-refractivity contribution in [3.8, 4) is 5.75 Å². The van der Waals surface area contributed by atoms with E-state index in [1.807, 2.05) is 0 Å². The number of ether oxygens (including phenoxy) is 3. The van der Waals surface area contributed by atoms with Crippen molar-refractivity contribution in [1.82, 2.24) is 0 Å². The van der Waals surface area contributed by atoms with Crippen LogP contribution in [-0.4, -0.2) is 42.0 Å². The largest absolute Gasteiger partial charge is 0.497 e. The van der Waals surface area contributed by atoms with Crippen molar-refractivity contribution in [2.45, 2.75) is 32.8 Å². The zero-order chi connectivity index (χ0) is 25.6. The molecule has 0 amide bonds. The summed E-state index contributed by atoms with van der Waals surface area (Å²) in [6, 6.07) is 4.40. The van der Waals surface area contributed by atoms with Crippen LogP contribution in [0.5, 0.6) is 5.75 Å². The summed E-state index contributed by atoms with van der Waals surface area (Å²) >= 11 is 0. The lowest BCUT2D eigenvalue weighted by atomic mass is 9.47. The minimum atomic E-state index is -1.73. The van der Waals surface area contributed by atoms with Crippen LogP contribution in [-0.2, 0) is 19.1 Å². The molecule has 186 valence electrons. The molecule has 2 N–H and O–H groups in total. The van der Waals surface area contributed by atoms with Gasteiger partial charge in [-0.2, -0.15) is 0 Å². The van der Waals surface area contributed by atoms with Gasteiger partial charge in [0.25, 0.3) is 0 Å². The molecule has 0 saturated heterocycles. The maximum atomic E-state index is 15.5. The van der Waals surface area contributed by atoms with Gasteiger partial charge in [-0.1, -0.05) is 26.0 Å². The number of methoxy groups -OCH3 is 1. The highest BCUT2D eigenvalue weighted by Gasteiger charge is 2.64. The summed E-state index contributed by atoms with van der Waals surface area (Å²) in [5.41, 5.74) is -0.685. The number of benzene rings is 1. The van der Waals surface area contributed by atoms with E-state index in [4.69, 9.17) is 14.2 Å². The minimum absolute atomic E-state index is 0.0105. The van der Waals surface area contributed by atoms with Gasteiger partial charge >= 0.3 is 5.97 Å². The van der Waals surface area contributed by atoms with Gasteiger partial charge < -0.3 is 24.4 Å². The molecule has 0 bridgehead atoms. The fourth-order valence-electron chi connectivity index (χ4n) is 6.49. The van der Waals surface area contributed by atoms with Gasteiger partial charge in [0.05, 0.1) is 13.2 Å². The van der Waals surface area contributed by atoms with Gasteiger partial charge in [0, 0.05) is 40.5 Å². The molecular weight excluding hydrogens is 467 g/mol. The van der Waals surface area contributed by atoms with Crippen LogP contribution < -0.4 is 4.74 Å². The van der Waals surface area contributed by atoms with E-state index < -0.39 is 28.7 Å². The first-order valence-corrected chi connectivity index (χ1v) is 11.8. The highest BCUT2D eigenvalue weighted by molar-refractivity contribution is 6.12. The number of ketones is 1. The van der Waals surface area contributed by atoms with Gasteiger partial charge in [-0.15, -0.1) is 0 Å². The van der Waals surface area contributed by atoms with E-state index in [0.29, 0.717) is 45.1 Å². The fourth-order valence-corrected chi connectivity index (χ4v) is 6.49. The number of carboxylic acid groups (broad SMARTS) is 1. The summed E-state index contributed by atoms with van der Waals surface area (Å²) in [6.45, 7) is 3.52. The third-order valence-corrected chi connectivity index (χ3v) is 8.40. The Morgan fingerprint density at radius 3 is 2.72 bits per heavy atom. The van der Waals surface area contributed by atoms with Crippen molar-refractivity contribution in [3.05, 3.63) is 81.6 Å². The van der Waals surface area contributed by atoms with Gasteiger partial charge in [-0.25, -0.2) is 4.39 Å². The predicted molar refractivity (Wildman–Crippen MR) is 126 cm³/mol. The summed E-state index contributed by atoms with van der Waals surface area (Å²) in [7, 11) is 1.44. The summed E-state index contributed by atoms with van der Waals surface area (Å²) in [6.07, 6.45) is 4.06. The monoisotopic (exact) mass is 492 g/mol. The first kappa shape index (κ1) is 22.8. The maximum absolute atomic E-state index is 15.5. The topological polar surface area (TPSA) is 102 Å². The molecule has 6 rings (SSSR count). The predicted octanol–water partition coefficient (Wildman–Crippen LogP) is 4.06. The minimum Gasteiger partial charge on any atom is -0.497 e. The molecule has 36 heavy (non-hydrogen) atoms. The first-order chi connectivity index (χ1) is 17.1. The van der Waals surface area contributed by atoms with Crippen LogP contribution in [0.3, 0.4) is 0 Å². The second kappa shape index (κ2) is 7.43. The quantitative estimate of drug-likeness (QED) is 0.656. The molecule has 1 heterocycles. The number of aliphatic hydroxyl groups excluding tert-OH is 1. The molecule has 4 aliphatic carbocycles.